The maximum absolute atomic E-state index is 2.49. The fourth-order valence-electron chi connectivity index (χ4n) is 10.7. The Morgan fingerprint density at radius 2 is 0.484 bits per heavy atom. The Labute approximate surface area is 357 Å². The second-order valence-electron chi connectivity index (χ2n) is 16.9. The molecular weight excluding hydrogens is 749 g/mol. The first-order valence-corrected chi connectivity index (χ1v) is 21.5. The van der Waals surface area contributed by atoms with E-state index in [0.717, 1.165) is 0 Å². The topological polar surface area (TPSA) is 8.82 Å². The molecule has 10 aromatic carbocycles. The molecule has 0 spiro atoms. The lowest BCUT2D eigenvalue weighted by molar-refractivity contribution is 1.37. The van der Waals surface area contributed by atoms with Gasteiger partial charge in [0.2, 0.25) is 0 Å². The molecule has 0 aliphatic rings. The summed E-state index contributed by atoms with van der Waals surface area (Å²) in [7, 11) is 0. The van der Waals surface area contributed by atoms with E-state index in [2.05, 4.69) is 227 Å². The Morgan fingerprint density at radius 3 is 0.968 bits per heavy atom. The summed E-state index contributed by atoms with van der Waals surface area (Å²) < 4.78 is 4.95. The normalized spacial score (nSPS) is 12.2. The molecule has 2 nitrogen and oxygen atoms in total. The maximum atomic E-state index is 2.49. The smallest absolute Gasteiger partial charge is 0.0620 e. The molecular formula is C60H36N2. The Hall–Kier alpha value is -8.20. The second-order valence-corrected chi connectivity index (χ2v) is 16.9. The Balaban J connectivity index is 0.920. The van der Waals surface area contributed by atoms with Crippen molar-refractivity contribution < 1.29 is 0 Å². The molecule has 286 valence electrons. The second kappa shape index (κ2) is 12.7. The maximum Gasteiger partial charge on any atom is 0.0620 e. The van der Waals surface area contributed by atoms with Crippen LogP contribution in [0.15, 0.2) is 218 Å². The summed E-state index contributed by atoms with van der Waals surface area (Å²) >= 11 is 0. The first kappa shape index (κ1) is 33.6. The van der Waals surface area contributed by atoms with Crippen molar-refractivity contribution in [1.82, 2.24) is 8.80 Å². The number of fused-ring (bicyclic) bond motifs is 12. The zero-order valence-corrected chi connectivity index (χ0v) is 33.7. The summed E-state index contributed by atoms with van der Waals surface area (Å²) in [5.74, 6) is 0. The zero-order chi connectivity index (χ0) is 40.5. The average Bonchev–Trinajstić information content (AvgIpc) is 4.08. The van der Waals surface area contributed by atoms with E-state index >= 15 is 0 Å². The van der Waals surface area contributed by atoms with E-state index in [1.54, 1.807) is 0 Å². The fourth-order valence-corrected chi connectivity index (χ4v) is 10.7. The fraction of sp³-hybridized carbons (Fsp3) is 0. The summed E-state index contributed by atoms with van der Waals surface area (Å²) in [5.41, 5.74) is 19.8. The van der Waals surface area contributed by atoms with Crippen molar-refractivity contribution in [3.63, 3.8) is 0 Å². The van der Waals surface area contributed by atoms with Gasteiger partial charge in [0.05, 0.1) is 33.1 Å². The van der Waals surface area contributed by atoms with Crippen LogP contribution >= 0.6 is 0 Å². The molecule has 0 radical (unpaired) electrons. The van der Waals surface area contributed by atoms with Gasteiger partial charge in [0.15, 0.2) is 0 Å². The van der Waals surface area contributed by atoms with Crippen LogP contribution in [0.4, 0.5) is 0 Å². The molecule has 0 amide bonds. The average molecular weight is 785 g/mol. The molecule has 4 aromatic heterocycles. The molecule has 4 heterocycles. The van der Waals surface area contributed by atoms with Gasteiger partial charge < -0.3 is 8.80 Å². The summed E-state index contributed by atoms with van der Waals surface area (Å²) in [5, 5.41) is 10.3. The molecule has 0 saturated carbocycles. The Kier molecular flexibility index (Phi) is 6.86. The quantitative estimate of drug-likeness (QED) is 0.164. The van der Waals surface area contributed by atoms with Crippen LogP contribution in [0.5, 0.6) is 0 Å². The standard InChI is InChI=1S/C60H36N2/c1-2-12-37(13-3-1)38-24-26-39(27-25-38)40-14-10-15-41(30-40)42-16-11-17-43(31-42)44-28-29-58-50(32-44)54-36-46(35-53-49-20-6-9-23-57(49)62(58)60(53)54)45-33-51-47-18-4-7-21-55(47)61-56-22-8-5-19-48(56)52(34-45)59(51)61/h1-36H. The van der Waals surface area contributed by atoms with Gasteiger partial charge in [-0.3, -0.25) is 0 Å². The third kappa shape index (κ3) is 4.75. The van der Waals surface area contributed by atoms with E-state index in [9.17, 15) is 0 Å². The van der Waals surface area contributed by atoms with Crippen LogP contribution in [-0.4, -0.2) is 8.80 Å². The largest absolute Gasteiger partial charge is 0.308 e. The van der Waals surface area contributed by atoms with Gasteiger partial charge in [0.25, 0.3) is 0 Å². The number of benzene rings is 10. The molecule has 0 aliphatic carbocycles. The molecule has 14 aromatic rings. The monoisotopic (exact) mass is 784 g/mol. The number of nitrogens with zero attached hydrogens (tertiary/aromatic N) is 2. The third-order valence-corrected chi connectivity index (χ3v) is 13.6. The van der Waals surface area contributed by atoms with Gasteiger partial charge >= 0.3 is 0 Å². The summed E-state index contributed by atoms with van der Waals surface area (Å²) in [6.45, 7) is 0. The summed E-state index contributed by atoms with van der Waals surface area (Å²) in [6.07, 6.45) is 0. The highest BCUT2D eigenvalue weighted by Gasteiger charge is 2.22. The van der Waals surface area contributed by atoms with Gasteiger partial charge in [-0.1, -0.05) is 152 Å². The molecule has 0 saturated heterocycles. The first-order chi connectivity index (χ1) is 30.7. The highest BCUT2D eigenvalue weighted by molar-refractivity contribution is 6.27. The van der Waals surface area contributed by atoms with E-state index in [1.165, 1.54) is 132 Å². The molecule has 2 heteroatoms. The van der Waals surface area contributed by atoms with Crippen LogP contribution < -0.4 is 0 Å². The van der Waals surface area contributed by atoms with Gasteiger partial charge in [0.1, 0.15) is 0 Å². The van der Waals surface area contributed by atoms with E-state index in [4.69, 9.17) is 0 Å². The van der Waals surface area contributed by atoms with Crippen molar-refractivity contribution in [2.24, 2.45) is 0 Å². The predicted molar refractivity (Wildman–Crippen MR) is 263 cm³/mol. The van der Waals surface area contributed by atoms with Crippen LogP contribution in [0.2, 0.25) is 0 Å². The lowest BCUT2D eigenvalue weighted by Gasteiger charge is -2.10. The molecule has 0 atom stereocenters. The molecule has 0 bridgehead atoms. The first-order valence-electron chi connectivity index (χ1n) is 21.5. The van der Waals surface area contributed by atoms with E-state index in [0.29, 0.717) is 0 Å². The van der Waals surface area contributed by atoms with Crippen LogP contribution in [0.25, 0.3) is 132 Å². The number of hydrogen-bond donors (Lipinski definition) is 0. The minimum Gasteiger partial charge on any atom is -0.308 e. The number of aromatic nitrogens is 2. The lowest BCUT2D eigenvalue weighted by Crippen LogP contribution is -1.85. The minimum atomic E-state index is 1.21. The van der Waals surface area contributed by atoms with Crippen LogP contribution in [0, 0.1) is 0 Å². The molecule has 0 N–H and O–H groups in total. The third-order valence-electron chi connectivity index (χ3n) is 13.6. The summed E-state index contributed by atoms with van der Waals surface area (Å²) in [4.78, 5) is 0. The predicted octanol–water partition coefficient (Wildman–Crippen LogP) is 16.3. The van der Waals surface area contributed by atoms with Gasteiger partial charge in [-0.2, -0.15) is 0 Å². The van der Waals surface area contributed by atoms with Crippen molar-refractivity contribution in [1.29, 1.82) is 0 Å². The SMILES string of the molecule is c1ccc(-c2ccc(-c3cccc(-c4cccc(-c5ccc6c(c5)c5cc(-c7cc8c9ccccc9n9c%10ccccc%10c(c7)c89)cc7c8ccccc8n6c75)c4)c3)cc2)cc1. The van der Waals surface area contributed by atoms with E-state index in [-0.39, 0.29) is 0 Å². The van der Waals surface area contributed by atoms with Crippen molar-refractivity contribution in [3.8, 4) is 55.6 Å². The van der Waals surface area contributed by atoms with Crippen molar-refractivity contribution in [2.75, 3.05) is 0 Å². The minimum absolute atomic E-state index is 1.21. The van der Waals surface area contributed by atoms with Gasteiger partial charge in [0, 0.05) is 43.1 Å². The molecule has 0 aliphatic heterocycles. The van der Waals surface area contributed by atoms with E-state index in [1.807, 2.05) is 0 Å². The molecule has 14 rings (SSSR count). The van der Waals surface area contributed by atoms with Gasteiger partial charge in [-0.25, -0.2) is 0 Å². The van der Waals surface area contributed by atoms with Gasteiger partial charge in [-0.05, 0) is 122 Å². The summed E-state index contributed by atoms with van der Waals surface area (Å²) in [6, 6.07) is 80.9. The van der Waals surface area contributed by atoms with Crippen molar-refractivity contribution in [3.05, 3.63) is 218 Å². The molecule has 0 fully saturated rings. The van der Waals surface area contributed by atoms with Crippen LogP contribution in [0.3, 0.4) is 0 Å². The van der Waals surface area contributed by atoms with Gasteiger partial charge in [-0.15, -0.1) is 0 Å². The zero-order valence-electron chi connectivity index (χ0n) is 33.7. The van der Waals surface area contributed by atoms with Crippen molar-refractivity contribution in [2.45, 2.75) is 0 Å². The van der Waals surface area contributed by atoms with E-state index < -0.39 is 0 Å². The molecule has 0 unspecified atom stereocenters. The number of para-hydroxylation sites is 3. The van der Waals surface area contributed by atoms with Crippen LogP contribution in [-0.2, 0) is 0 Å². The highest BCUT2D eigenvalue weighted by atomic mass is 14.9. The van der Waals surface area contributed by atoms with Crippen molar-refractivity contribution >= 4 is 76.2 Å². The number of hydrogen-bond acceptors (Lipinski definition) is 0. The Bertz CT molecular complexity index is 3990. The van der Waals surface area contributed by atoms with Crippen LogP contribution in [0.1, 0.15) is 0 Å². The Morgan fingerprint density at radius 1 is 0.177 bits per heavy atom. The molecule has 62 heavy (non-hydrogen) atoms. The lowest BCUT2D eigenvalue weighted by atomic mass is 9.94. The highest BCUT2D eigenvalue weighted by Crippen LogP contribution is 2.46. The number of rotatable bonds is 5.